The Morgan fingerprint density at radius 3 is 2.30 bits per heavy atom. The van der Waals surface area contributed by atoms with Crippen LogP contribution in [0, 0.1) is 11.8 Å². The number of carboxylic acid groups (broad SMARTS) is 2. The predicted octanol–water partition coefficient (Wildman–Crippen LogP) is 0.182. The summed E-state index contributed by atoms with van der Waals surface area (Å²) in [4.78, 5) is 20.2. The number of carboxylic acids is 2. The van der Waals surface area contributed by atoms with E-state index in [0.717, 1.165) is 0 Å². The second kappa shape index (κ2) is 2.28. The first kappa shape index (κ1) is 7.05. The SMILES string of the molecule is O=C(O)CC1CC1C(=O)O. The van der Waals surface area contributed by atoms with Gasteiger partial charge in [-0.2, -0.15) is 0 Å². The van der Waals surface area contributed by atoms with Crippen LogP contribution >= 0.6 is 0 Å². The van der Waals surface area contributed by atoms with Gasteiger partial charge in [0.15, 0.2) is 0 Å². The summed E-state index contributed by atoms with van der Waals surface area (Å²) in [5.74, 6) is -2.29. The highest BCUT2D eigenvalue weighted by atomic mass is 16.4. The predicted molar refractivity (Wildman–Crippen MR) is 31.5 cm³/mol. The van der Waals surface area contributed by atoms with Gasteiger partial charge in [-0.1, -0.05) is 0 Å². The number of carbonyl (C=O) groups is 2. The number of hydrogen-bond acceptors (Lipinski definition) is 2. The molecule has 0 heterocycles. The zero-order valence-corrected chi connectivity index (χ0v) is 5.28. The van der Waals surface area contributed by atoms with Crippen molar-refractivity contribution in [2.75, 3.05) is 0 Å². The van der Waals surface area contributed by atoms with Gasteiger partial charge in [0, 0.05) is 6.42 Å². The molecule has 2 N–H and O–H groups in total. The lowest BCUT2D eigenvalue weighted by atomic mass is 10.2. The van der Waals surface area contributed by atoms with Gasteiger partial charge in [-0.25, -0.2) is 0 Å². The van der Waals surface area contributed by atoms with E-state index in [1.54, 1.807) is 0 Å². The second-order valence-corrected chi connectivity index (χ2v) is 2.54. The average molecular weight is 144 g/mol. The van der Waals surface area contributed by atoms with Crippen molar-refractivity contribution in [3.8, 4) is 0 Å². The second-order valence-electron chi connectivity index (χ2n) is 2.54. The van der Waals surface area contributed by atoms with E-state index in [0.29, 0.717) is 6.42 Å². The fourth-order valence-corrected chi connectivity index (χ4v) is 1.000. The van der Waals surface area contributed by atoms with Crippen molar-refractivity contribution in [3.05, 3.63) is 0 Å². The van der Waals surface area contributed by atoms with Crippen LogP contribution < -0.4 is 0 Å². The molecule has 0 aromatic rings. The zero-order valence-electron chi connectivity index (χ0n) is 5.28. The standard InChI is InChI=1S/C6H8O4/c7-5(8)2-3-1-4(3)6(9)10/h3-4H,1-2H2,(H,7,8)(H,9,10). The third kappa shape index (κ3) is 1.46. The highest BCUT2D eigenvalue weighted by Crippen LogP contribution is 2.41. The Labute approximate surface area is 57.5 Å². The average Bonchev–Trinajstić information content (AvgIpc) is 2.43. The highest BCUT2D eigenvalue weighted by molar-refractivity contribution is 5.76. The van der Waals surface area contributed by atoms with Gasteiger partial charge in [-0.15, -0.1) is 0 Å². The first-order valence-corrected chi connectivity index (χ1v) is 3.06. The lowest BCUT2D eigenvalue weighted by Crippen LogP contribution is -2.03. The minimum Gasteiger partial charge on any atom is -0.481 e. The van der Waals surface area contributed by atoms with Crippen molar-refractivity contribution in [3.63, 3.8) is 0 Å². The maximum Gasteiger partial charge on any atom is 0.306 e. The van der Waals surface area contributed by atoms with Crippen molar-refractivity contribution >= 4 is 11.9 Å². The van der Waals surface area contributed by atoms with Gasteiger partial charge in [-0.05, 0) is 12.3 Å². The van der Waals surface area contributed by atoms with E-state index < -0.39 is 17.9 Å². The summed E-state index contributed by atoms with van der Waals surface area (Å²) in [6, 6.07) is 0. The summed E-state index contributed by atoms with van der Waals surface area (Å²) in [6.45, 7) is 0. The fourth-order valence-electron chi connectivity index (χ4n) is 1.000. The van der Waals surface area contributed by atoms with Crippen molar-refractivity contribution in [2.24, 2.45) is 11.8 Å². The summed E-state index contributed by atoms with van der Waals surface area (Å²) in [7, 11) is 0. The van der Waals surface area contributed by atoms with E-state index in [-0.39, 0.29) is 12.3 Å². The van der Waals surface area contributed by atoms with Gasteiger partial charge in [0.2, 0.25) is 0 Å². The molecule has 0 amide bonds. The van der Waals surface area contributed by atoms with Crippen LogP contribution in [-0.2, 0) is 9.59 Å². The highest BCUT2D eigenvalue weighted by Gasteiger charge is 2.44. The largest absolute Gasteiger partial charge is 0.481 e. The molecule has 2 unspecified atom stereocenters. The van der Waals surface area contributed by atoms with E-state index in [1.807, 2.05) is 0 Å². The van der Waals surface area contributed by atoms with Crippen LogP contribution in [0.15, 0.2) is 0 Å². The molecule has 4 heteroatoms. The Hall–Kier alpha value is -1.06. The Balaban J connectivity index is 2.26. The summed E-state index contributed by atoms with van der Waals surface area (Å²) < 4.78 is 0. The first-order chi connectivity index (χ1) is 4.61. The molecule has 1 fully saturated rings. The molecular weight excluding hydrogens is 136 g/mol. The number of rotatable bonds is 3. The lowest BCUT2D eigenvalue weighted by Gasteiger charge is -1.88. The Morgan fingerprint density at radius 1 is 1.40 bits per heavy atom. The molecule has 1 aliphatic carbocycles. The molecule has 0 aliphatic heterocycles. The molecule has 56 valence electrons. The van der Waals surface area contributed by atoms with Crippen molar-refractivity contribution in [1.29, 1.82) is 0 Å². The molecule has 0 radical (unpaired) electrons. The van der Waals surface area contributed by atoms with E-state index in [4.69, 9.17) is 10.2 Å². The Morgan fingerprint density at radius 2 is 2.00 bits per heavy atom. The van der Waals surface area contributed by atoms with Crippen LogP contribution in [0.25, 0.3) is 0 Å². The van der Waals surface area contributed by atoms with E-state index >= 15 is 0 Å². The van der Waals surface area contributed by atoms with Gasteiger partial charge in [0.25, 0.3) is 0 Å². The van der Waals surface area contributed by atoms with Crippen LogP contribution in [0.4, 0.5) is 0 Å². The summed E-state index contributed by atoms with van der Waals surface area (Å²) in [6.07, 6.45) is 0.526. The van der Waals surface area contributed by atoms with Crippen molar-refractivity contribution < 1.29 is 19.8 Å². The molecule has 1 saturated carbocycles. The summed E-state index contributed by atoms with van der Waals surface area (Å²) in [5.41, 5.74) is 0. The normalized spacial score (nSPS) is 29.6. The maximum absolute atomic E-state index is 10.2. The summed E-state index contributed by atoms with van der Waals surface area (Å²) in [5, 5.41) is 16.6. The molecule has 0 bridgehead atoms. The molecule has 0 saturated heterocycles. The van der Waals surface area contributed by atoms with Crippen LogP contribution in [0.5, 0.6) is 0 Å². The molecule has 0 spiro atoms. The van der Waals surface area contributed by atoms with Crippen LogP contribution in [0.2, 0.25) is 0 Å². The minimum absolute atomic E-state index is 0.00301. The Bertz CT molecular complexity index is 175. The molecule has 0 aromatic heterocycles. The quantitative estimate of drug-likeness (QED) is 0.592. The third-order valence-electron chi connectivity index (χ3n) is 1.68. The van der Waals surface area contributed by atoms with E-state index in [9.17, 15) is 9.59 Å². The molecule has 10 heavy (non-hydrogen) atoms. The third-order valence-corrected chi connectivity index (χ3v) is 1.68. The number of hydrogen-bond donors (Lipinski definition) is 2. The smallest absolute Gasteiger partial charge is 0.306 e. The first-order valence-electron chi connectivity index (χ1n) is 3.06. The monoisotopic (exact) mass is 144 g/mol. The Kier molecular flexibility index (Phi) is 1.61. The molecular formula is C6H8O4. The summed E-state index contributed by atoms with van der Waals surface area (Å²) >= 11 is 0. The van der Waals surface area contributed by atoms with Crippen molar-refractivity contribution in [1.82, 2.24) is 0 Å². The van der Waals surface area contributed by atoms with Crippen LogP contribution in [0.3, 0.4) is 0 Å². The van der Waals surface area contributed by atoms with Crippen molar-refractivity contribution in [2.45, 2.75) is 12.8 Å². The van der Waals surface area contributed by atoms with E-state index in [2.05, 4.69) is 0 Å². The van der Waals surface area contributed by atoms with Gasteiger partial charge in [0.05, 0.1) is 5.92 Å². The van der Waals surface area contributed by atoms with Crippen LogP contribution in [-0.4, -0.2) is 22.2 Å². The fraction of sp³-hybridized carbons (Fsp3) is 0.667. The van der Waals surface area contributed by atoms with Gasteiger partial charge in [0.1, 0.15) is 0 Å². The minimum atomic E-state index is -0.909. The molecule has 1 rings (SSSR count). The van der Waals surface area contributed by atoms with Gasteiger partial charge < -0.3 is 10.2 Å². The maximum atomic E-state index is 10.2. The molecule has 2 atom stereocenters. The van der Waals surface area contributed by atoms with Gasteiger partial charge >= 0.3 is 11.9 Å². The zero-order chi connectivity index (χ0) is 7.72. The molecule has 0 aromatic carbocycles. The topological polar surface area (TPSA) is 74.6 Å². The van der Waals surface area contributed by atoms with Crippen LogP contribution in [0.1, 0.15) is 12.8 Å². The number of aliphatic carboxylic acids is 2. The lowest BCUT2D eigenvalue weighted by molar-refractivity contribution is -0.139. The van der Waals surface area contributed by atoms with E-state index in [1.165, 1.54) is 0 Å². The molecule has 1 aliphatic rings. The molecule has 4 nitrogen and oxygen atoms in total. The van der Waals surface area contributed by atoms with Gasteiger partial charge in [-0.3, -0.25) is 9.59 Å².